The Morgan fingerprint density at radius 2 is 1.57 bits per heavy atom. The van der Waals surface area contributed by atoms with Crippen LogP contribution in [0.2, 0.25) is 0 Å². The van der Waals surface area contributed by atoms with Crippen molar-refractivity contribution in [2.24, 2.45) is 5.92 Å². The lowest BCUT2D eigenvalue weighted by Crippen LogP contribution is -2.51. The van der Waals surface area contributed by atoms with Gasteiger partial charge in [0, 0.05) is 12.1 Å². The number of hydrogen-bond acceptors (Lipinski definition) is 3. The molecule has 1 N–H and O–H groups in total. The van der Waals surface area contributed by atoms with Crippen LogP contribution in [0.5, 0.6) is 0 Å². The average molecular weight is 299 g/mol. The molecule has 0 saturated heterocycles. The van der Waals surface area contributed by atoms with E-state index in [0.29, 0.717) is 13.2 Å². The SMILES string of the molecule is CC1CCC(CNC(C)(C)C)(OCCOC(C)(C)C)CC1. The second-order valence-electron chi connectivity index (χ2n) is 8.78. The lowest BCUT2D eigenvalue weighted by molar-refractivity contribution is -0.111. The first kappa shape index (κ1) is 18.9. The predicted octanol–water partition coefficient (Wildman–Crippen LogP) is 4.16. The van der Waals surface area contributed by atoms with Gasteiger partial charge in [0.15, 0.2) is 0 Å². The minimum absolute atomic E-state index is 0.00103. The molecule has 1 aliphatic rings. The van der Waals surface area contributed by atoms with Crippen LogP contribution < -0.4 is 5.32 Å². The Labute approximate surface area is 132 Å². The van der Waals surface area contributed by atoms with Crippen molar-refractivity contribution in [2.45, 2.75) is 90.9 Å². The van der Waals surface area contributed by atoms with E-state index in [4.69, 9.17) is 9.47 Å². The molecule has 0 radical (unpaired) electrons. The van der Waals surface area contributed by atoms with Crippen molar-refractivity contribution in [3.05, 3.63) is 0 Å². The highest BCUT2D eigenvalue weighted by molar-refractivity contribution is 4.90. The molecule has 0 atom stereocenters. The van der Waals surface area contributed by atoms with Gasteiger partial charge in [0.25, 0.3) is 0 Å². The summed E-state index contributed by atoms with van der Waals surface area (Å²) in [7, 11) is 0. The van der Waals surface area contributed by atoms with E-state index in [1.807, 2.05) is 0 Å². The van der Waals surface area contributed by atoms with Crippen molar-refractivity contribution in [3.63, 3.8) is 0 Å². The van der Waals surface area contributed by atoms with Crippen LogP contribution in [0, 0.1) is 5.92 Å². The molecular weight excluding hydrogens is 262 g/mol. The van der Waals surface area contributed by atoms with Gasteiger partial charge in [-0.25, -0.2) is 0 Å². The Balaban J connectivity index is 2.48. The topological polar surface area (TPSA) is 30.5 Å². The Hall–Kier alpha value is -0.120. The number of ether oxygens (including phenoxy) is 2. The van der Waals surface area contributed by atoms with E-state index in [1.54, 1.807) is 0 Å². The number of rotatable bonds is 6. The van der Waals surface area contributed by atoms with Gasteiger partial charge in [-0.2, -0.15) is 0 Å². The van der Waals surface area contributed by atoms with Gasteiger partial charge in [-0.15, -0.1) is 0 Å². The fraction of sp³-hybridized carbons (Fsp3) is 1.00. The molecule has 1 aliphatic carbocycles. The monoisotopic (exact) mass is 299 g/mol. The van der Waals surface area contributed by atoms with Crippen molar-refractivity contribution in [3.8, 4) is 0 Å². The summed E-state index contributed by atoms with van der Waals surface area (Å²) in [6.45, 7) is 17.6. The van der Waals surface area contributed by atoms with Crippen molar-refractivity contribution < 1.29 is 9.47 Å². The normalized spacial score (nSPS) is 27.9. The first-order valence-corrected chi connectivity index (χ1v) is 8.54. The molecule has 0 unspecified atom stereocenters. The van der Waals surface area contributed by atoms with Gasteiger partial charge in [-0.3, -0.25) is 0 Å². The van der Waals surface area contributed by atoms with Gasteiger partial charge in [0.05, 0.1) is 24.4 Å². The summed E-state index contributed by atoms with van der Waals surface area (Å²) in [5.41, 5.74) is 0.0592. The number of nitrogens with one attached hydrogen (secondary N) is 1. The Morgan fingerprint density at radius 1 is 1.00 bits per heavy atom. The smallest absolute Gasteiger partial charge is 0.0807 e. The highest BCUT2D eigenvalue weighted by Gasteiger charge is 2.35. The van der Waals surface area contributed by atoms with Crippen molar-refractivity contribution in [2.75, 3.05) is 19.8 Å². The van der Waals surface area contributed by atoms with Gasteiger partial charge in [0.1, 0.15) is 0 Å². The Morgan fingerprint density at radius 3 is 2.05 bits per heavy atom. The maximum atomic E-state index is 6.32. The third-order valence-electron chi connectivity index (χ3n) is 4.15. The minimum Gasteiger partial charge on any atom is -0.373 e. The average Bonchev–Trinajstić information content (AvgIpc) is 2.34. The molecule has 0 spiro atoms. The molecule has 0 aromatic heterocycles. The van der Waals surface area contributed by atoms with E-state index in [0.717, 1.165) is 25.3 Å². The highest BCUT2D eigenvalue weighted by Crippen LogP contribution is 2.34. The summed E-state index contributed by atoms with van der Waals surface area (Å²) in [6, 6.07) is 0. The zero-order chi connectivity index (χ0) is 16.1. The first-order chi connectivity index (χ1) is 9.52. The van der Waals surface area contributed by atoms with Crippen LogP contribution in [0.4, 0.5) is 0 Å². The molecule has 21 heavy (non-hydrogen) atoms. The molecule has 126 valence electrons. The molecular formula is C18H37NO2. The number of hydrogen-bond donors (Lipinski definition) is 1. The van der Waals surface area contributed by atoms with Crippen LogP contribution in [0.3, 0.4) is 0 Å². The zero-order valence-corrected chi connectivity index (χ0v) is 15.3. The summed E-state index contributed by atoms with van der Waals surface area (Å²) in [5.74, 6) is 0.835. The van der Waals surface area contributed by atoms with Crippen LogP contribution in [0.1, 0.15) is 74.1 Å². The molecule has 0 bridgehead atoms. The summed E-state index contributed by atoms with van der Waals surface area (Å²) >= 11 is 0. The van der Waals surface area contributed by atoms with E-state index in [-0.39, 0.29) is 16.7 Å². The van der Waals surface area contributed by atoms with E-state index in [9.17, 15) is 0 Å². The summed E-state index contributed by atoms with van der Waals surface area (Å²) in [5, 5.41) is 3.64. The predicted molar refractivity (Wildman–Crippen MR) is 89.8 cm³/mol. The maximum Gasteiger partial charge on any atom is 0.0807 e. The second-order valence-corrected chi connectivity index (χ2v) is 8.78. The molecule has 0 aromatic rings. The lowest BCUT2D eigenvalue weighted by atomic mass is 9.79. The molecule has 1 rings (SSSR count). The van der Waals surface area contributed by atoms with Gasteiger partial charge < -0.3 is 14.8 Å². The van der Waals surface area contributed by atoms with E-state index >= 15 is 0 Å². The highest BCUT2D eigenvalue weighted by atomic mass is 16.5. The van der Waals surface area contributed by atoms with Crippen molar-refractivity contribution in [1.82, 2.24) is 5.32 Å². The van der Waals surface area contributed by atoms with Crippen LogP contribution >= 0.6 is 0 Å². The van der Waals surface area contributed by atoms with Crippen LogP contribution in [0.15, 0.2) is 0 Å². The van der Waals surface area contributed by atoms with E-state index in [1.165, 1.54) is 12.8 Å². The molecule has 1 saturated carbocycles. The molecule has 0 aliphatic heterocycles. The molecule has 0 amide bonds. The Bertz CT molecular complexity index is 293. The van der Waals surface area contributed by atoms with Crippen LogP contribution in [0.25, 0.3) is 0 Å². The first-order valence-electron chi connectivity index (χ1n) is 8.54. The quantitative estimate of drug-likeness (QED) is 0.747. The van der Waals surface area contributed by atoms with Crippen molar-refractivity contribution in [1.29, 1.82) is 0 Å². The lowest BCUT2D eigenvalue weighted by Gasteiger charge is -2.41. The fourth-order valence-electron chi connectivity index (χ4n) is 2.69. The molecule has 1 fully saturated rings. The van der Waals surface area contributed by atoms with Crippen LogP contribution in [-0.2, 0) is 9.47 Å². The van der Waals surface area contributed by atoms with Gasteiger partial charge in [-0.1, -0.05) is 6.92 Å². The van der Waals surface area contributed by atoms with Crippen molar-refractivity contribution >= 4 is 0 Å². The largest absolute Gasteiger partial charge is 0.373 e. The van der Waals surface area contributed by atoms with E-state index < -0.39 is 0 Å². The zero-order valence-electron chi connectivity index (χ0n) is 15.3. The fourth-order valence-corrected chi connectivity index (χ4v) is 2.69. The summed E-state index contributed by atoms with van der Waals surface area (Å²) in [4.78, 5) is 0. The third kappa shape index (κ3) is 8.18. The molecule has 0 aromatic carbocycles. The minimum atomic E-state index is -0.0821. The summed E-state index contributed by atoms with van der Waals surface area (Å²) < 4.78 is 12.1. The summed E-state index contributed by atoms with van der Waals surface area (Å²) in [6.07, 6.45) is 4.86. The Kier molecular flexibility index (Phi) is 6.70. The third-order valence-corrected chi connectivity index (χ3v) is 4.15. The van der Waals surface area contributed by atoms with Gasteiger partial charge in [0.2, 0.25) is 0 Å². The van der Waals surface area contributed by atoms with Gasteiger partial charge in [-0.05, 0) is 73.1 Å². The van der Waals surface area contributed by atoms with Crippen LogP contribution in [-0.4, -0.2) is 36.5 Å². The van der Waals surface area contributed by atoms with E-state index in [2.05, 4.69) is 53.8 Å². The second kappa shape index (κ2) is 7.43. The molecule has 3 heteroatoms. The van der Waals surface area contributed by atoms with Gasteiger partial charge >= 0.3 is 0 Å². The standard InChI is InChI=1S/C18H37NO2/c1-15-8-10-18(11-9-15,14-19-16(2,3)4)21-13-12-20-17(5,6)7/h15,19H,8-14H2,1-7H3. The molecule has 0 heterocycles. The molecule has 3 nitrogen and oxygen atoms in total. The maximum absolute atomic E-state index is 6.32.